The Labute approximate surface area is 126 Å². The van der Waals surface area contributed by atoms with Gasteiger partial charge in [-0.25, -0.2) is 9.50 Å². The number of pyridine rings is 1. The summed E-state index contributed by atoms with van der Waals surface area (Å²) in [5.74, 6) is 0. The molecule has 2 heterocycles. The Morgan fingerprint density at radius 3 is 2.55 bits per heavy atom. The summed E-state index contributed by atoms with van der Waals surface area (Å²) < 4.78 is 8.01. The fraction of sp³-hybridized carbons (Fsp3) is 0.571. The van der Waals surface area contributed by atoms with Gasteiger partial charge in [0.15, 0.2) is 14.0 Å². The molecule has 2 aromatic heterocycles. The van der Waals surface area contributed by atoms with E-state index in [2.05, 4.69) is 50.9 Å². The van der Waals surface area contributed by atoms with Crippen LogP contribution in [0.4, 0.5) is 0 Å². The summed E-state index contributed by atoms with van der Waals surface area (Å²) >= 11 is 6.23. The maximum atomic E-state index is 6.39. The van der Waals surface area contributed by atoms with E-state index in [0.29, 0.717) is 5.15 Å². The van der Waals surface area contributed by atoms with Crippen LogP contribution >= 0.6 is 11.6 Å². The van der Waals surface area contributed by atoms with Crippen molar-refractivity contribution in [3.05, 3.63) is 29.2 Å². The summed E-state index contributed by atoms with van der Waals surface area (Å²) in [6.45, 7) is 13.3. The summed E-state index contributed by atoms with van der Waals surface area (Å²) in [6, 6.07) is 3.89. The van der Waals surface area contributed by atoms with Gasteiger partial charge in [-0.15, -0.1) is 0 Å². The zero-order valence-corrected chi connectivity index (χ0v) is 14.7. The number of halogens is 1. The molecule has 2 rings (SSSR count). The van der Waals surface area contributed by atoms with Crippen LogP contribution in [0, 0.1) is 0 Å². The minimum atomic E-state index is -1.81. The van der Waals surface area contributed by atoms with Crippen LogP contribution in [0.15, 0.2) is 18.5 Å². The number of rotatable bonds is 3. The normalized spacial score (nSPS) is 14.8. The molecule has 6 heteroatoms. The molecule has 0 saturated heterocycles. The van der Waals surface area contributed by atoms with Crippen molar-refractivity contribution in [1.82, 2.24) is 14.6 Å². The van der Waals surface area contributed by atoms with Gasteiger partial charge < -0.3 is 4.43 Å². The van der Waals surface area contributed by atoms with Gasteiger partial charge in [-0.05, 0) is 42.8 Å². The number of hydrogen-bond donors (Lipinski definition) is 0. The first-order valence-electron chi connectivity index (χ1n) is 6.79. The standard InChI is InChI=1S/C14H22ClN3OSi/c1-10(19-20(5,6)14(2,3)4)11-7-12(15)18-13(8-11)16-9-17-18/h7-10H,1-6H3. The number of aromatic nitrogens is 3. The smallest absolute Gasteiger partial charge is 0.192 e. The Morgan fingerprint density at radius 2 is 1.95 bits per heavy atom. The zero-order valence-electron chi connectivity index (χ0n) is 12.9. The topological polar surface area (TPSA) is 39.4 Å². The summed E-state index contributed by atoms with van der Waals surface area (Å²) in [5, 5.41) is 4.81. The summed E-state index contributed by atoms with van der Waals surface area (Å²) in [6.07, 6.45) is 1.50. The van der Waals surface area contributed by atoms with Gasteiger partial charge in [-0.1, -0.05) is 32.4 Å². The van der Waals surface area contributed by atoms with E-state index >= 15 is 0 Å². The minimum Gasteiger partial charge on any atom is -0.410 e. The van der Waals surface area contributed by atoms with Gasteiger partial charge in [0.2, 0.25) is 0 Å². The van der Waals surface area contributed by atoms with Crippen molar-refractivity contribution >= 4 is 25.6 Å². The largest absolute Gasteiger partial charge is 0.410 e. The molecule has 1 unspecified atom stereocenters. The van der Waals surface area contributed by atoms with Crippen molar-refractivity contribution in [2.24, 2.45) is 0 Å². The molecule has 1 atom stereocenters. The predicted molar refractivity (Wildman–Crippen MR) is 84.7 cm³/mol. The molecule has 0 aliphatic carbocycles. The SMILES string of the molecule is CC(O[Si](C)(C)C(C)(C)C)c1cc(Cl)n2ncnc2c1. The molecule has 0 radical (unpaired) electrons. The van der Waals surface area contributed by atoms with Gasteiger partial charge in [-0.2, -0.15) is 5.10 Å². The van der Waals surface area contributed by atoms with E-state index in [-0.39, 0.29) is 11.1 Å². The van der Waals surface area contributed by atoms with Gasteiger partial charge in [0.05, 0.1) is 6.10 Å². The van der Waals surface area contributed by atoms with Crippen LogP contribution in [0.5, 0.6) is 0 Å². The molecule has 0 aliphatic heterocycles. The fourth-order valence-electron chi connectivity index (χ4n) is 1.82. The van der Waals surface area contributed by atoms with Gasteiger partial charge in [0.1, 0.15) is 11.5 Å². The molecule has 0 N–H and O–H groups in total. The molecule has 110 valence electrons. The van der Waals surface area contributed by atoms with E-state index in [9.17, 15) is 0 Å². The molecule has 0 fully saturated rings. The van der Waals surface area contributed by atoms with Gasteiger partial charge in [-0.3, -0.25) is 0 Å². The molecule has 0 spiro atoms. The highest BCUT2D eigenvalue weighted by molar-refractivity contribution is 6.74. The molecule has 0 saturated carbocycles. The van der Waals surface area contributed by atoms with E-state index in [1.807, 2.05) is 12.1 Å². The average molecular weight is 312 g/mol. The number of hydrogen-bond acceptors (Lipinski definition) is 3. The highest BCUT2D eigenvalue weighted by atomic mass is 35.5. The Hall–Kier alpha value is -0.913. The van der Waals surface area contributed by atoms with Crippen LogP contribution < -0.4 is 0 Å². The van der Waals surface area contributed by atoms with Crippen LogP contribution in [0.25, 0.3) is 5.65 Å². The maximum Gasteiger partial charge on any atom is 0.192 e. The first-order valence-corrected chi connectivity index (χ1v) is 10.1. The highest BCUT2D eigenvalue weighted by Crippen LogP contribution is 2.39. The van der Waals surface area contributed by atoms with Crippen LogP contribution in [-0.2, 0) is 4.43 Å². The maximum absolute atomic E-state index is 6.39. The second-order valence-corrected chi connectivity index (χ2v) is 11.8. The van der Waals surface area contributed by atoms with Crippen molar-refractivity contribution in [1.29, 1.82) is 0 Å². The highest BCUT2D eigenvalue weighted by Gasteiger charge is 2.38. The van der Waals surface area contributed by atoms with E-state index in [4.69, 9.17) is 16.0 Å². The third-order valence-electron chi connectivity index (χ3n) is 4.11. The first kappa shape index (κ1) is 15.5. The second kappa shape index (κ2) is 5.13. The van der Waals surface area contributed by atoms with Gasteiger partial charge >= 0.3 is 0 Å². The molecule has 0 bridgehead atoms. The van der Waals surface area contributed by atoms with Gasteiger partial charge in [0.25, 0.3) is 0 Å². The third-order valence-corrected chi connectivity index (χ3v) is 8.93. The van der Waals surface area contributed by atoms with E-state index < -0.39 is 8.32 Å². The first-order chi connectivity index (χ1) is 9.12. The second-order valence-electron chi connectivity index (χ2n) is 6.66. The van der Waals surface area contributed by atoms with Crippen molar-refractivity contribution in [3.8, 4) is 0 Å². The van der Waals surface area contributed by atoms with E-state index in [1.54, 1.807) is 4.52 Å². The molecule has 2 aromatic rings. The molecular weight excluding hydrogens is 290 g/mol. The molecular formula is C14H22ClN3OSi. The molecule has 0 amide bonds. The third kappa shape index (κ3) is 2.89. The molecule has 20 heavy (non-hydrogen) atoms. The van der Waals surface area contributed by atoms with Crippen LogP contribution in [0.1, 0.15) is 39.4 Å². The van der Waals surface area contributed by atoms with E-state index in [1.165, 1.54) is 6.33 Å². The lowest BCUT2D eigenvalue weighted by atomic mass is 10.2. The van der Waals surface area contributed by atoms with Gasteiger partial charge in [0, 0.05) is 0 Å². The van der Waals surface area contributed by atoms with Crippen molar-refractivity contribution in [2.45, 2.75) is 51.9 Å². The summed E-state index contributed by atoms with van der Waals surface area (Å²) in [5.41, 5.74) is 1.79. The lowest BCUT2D eigenvalue weighted by Gasteiger charge is -2.38. The number of nitrogens with zero attached hydrogens (tertiary/aromatic N) is 3. The van der Waals surface area contributed by atoms with E-state index in [0.717, 1.165) is 11.2 Å². The quantitative estimate of drug-likeness (QED) is 0.620. The van der Waals surface area contributed by atoms with Crippen LogP contribution in [0.3, 0.4) is 0 Å². The predicted octanol–water partition coefficient (Wildman–Crippen LogP) is 4.47. The monoisotopic (exact) mass is 311 g/mol. The van der Waals surface area contributed by atoms with Crippen LogP contribution in [-0.4, -0.2) is 22.9 Å². The Bertz CT molecular complexity index is 618. The van der Waals surface area contributed by atoms with Crippen LogP contribution in [0.2, 0.25) is 23.3 Å². The van der Waals surface area contributed by atoms with Crippen molar-refractivity contribution in [3.63, 3.8) is 0 Å². The molecule has 4 nitrogen and oxygen atoms in total. The van der Waals surface area contributed by atoms with Crippen molar-refractivity contribution in [2.75, 3.05) is 0 Å². The number of fused-ring (bicyclic) bond motifs is 1. The summed E-state index contributed by atoms with van der Waals surface area (Å²) in [7, 11) is -1.81. The zero-order chi connectivity index (χ0) is 15.1. The Morgan fingerprint density at radius 1 is 1.30 bits per heavy atom. The lowest BCUT2D eigenvalue weighted by molar-refractivity contribution is 0.203. The fourth-order valence-corrected chi connectivity index (χ4v) is 3.45. The molecule has 0 aliphatic rings. The molecule has 0 aromatic carbocycles. The lowest BCUT2D eigenvalue weighted by Crippen LogP contribution is -2.41. The Balaban J connectivity index is 2.30. The summed E-state index contributed by atoms with van der Waals surface area (Å²) in [4.78, 5) is 4.19. The Kier molecular flexibility index (Phi) is 3.97. The minimum absolute atomic E-state index is 0.00454. The van der Waals surface area contributed by atoms with Crippen molar-refractivity contribution < 1.29 is 4.43 Å². The average Bonchev–Trinajstić information content (AvgIpc) is 2.75.